The van der Waals surface area contributed by atoms with Gasteiger partial charge in [-0.05, 0) is 55.2 Å². The molecule has 1 atom stereocenters. The summed E-state index contributed by atoms with van der Waals surface area (Å²) < 4.78 is 35.2. The number of methoxy groups -OCH3 is 1. The van der Waals surface area contributed by atoms with Crippen LogP contribution in [-0.4, -0.2) is 52.3 Å². The predicted molar refractivity (Wildman–Crippen MR) is 123 cm³/mol. The average molecular weight is 447 g/mol. The van der Waals surface area contributed by atoms with Crippen LogP contribution in [0.25, 0.3) is 0 Å². The number of ether oxygens (including phenoxy) is 2. The van der Waals surface area contributed by atoms with Gasteiger partial charge in [0.2, 0.25) is 0 Å². The summed E-state index contributed by atoms with van der Waals surface area (Å²) in [5.74, 6) is 2.09. The molecule has 0 N–H and O–H groups in total. The summed E-state index contributed by atoms with van der Waals surface area (Å²) in [6.45, 7) is 2.22. The monoisotopic (exact) mass is 446 g/mol. The molecule has 1 unspecified atom stereocenters. The summed E-state index contributed by atoms with van der Waals surface area (Å²) in [5.41, 5.74) is 3.79. The van der Waals surface area contributed by atoms with Crippen molar-refractivity contribution in [2.24, 2.45) is 10.9 Å². The molecule has 1 saturated carbocycles. The van der Waals surface area contributed by atoms with E-state index in [-0.39, 0.29) is 0 Å². The van der Waals surface area contributed by atoms with Crippen LogP contribution in [0.3, 0.4) is 0 Å². The van der Waals surface area contributed by atoms with Gasteiger partial charge in [0.15, 0.2) is 21.3 Å². The van der Waals surface area contributed by atoms with E-state index in [1.54, 1.807) is 31.0 Å². The fourth-order valence-corrected chi connectivity index (χ4v) is 4.69. The van der Waals surface area contributed by atoms with Gasteiger partial charge in [0, 0.05) is 35.5 Å². The van der Waals surface area contributed by atoms with E-state index in [2.05, 4.69) is 9.89 Å². The lowest BCUT2D eigenvalue weighted by molar-refractivity contribution is 0.280. The van der Waals surface area contributed by atoms with Crippen molar-refractivity contribution < 1.29 is 17.9 Å². The fraction of sp³-hybridized carbons (Fsp3) is 0.409. The highest BCUT2D eigenvalue weighted by atomic mass is 32.2. The lowest BCUT2D eigenvalue weighted by atomic mass is 10.2. The fourth-order valence-electron chi connectivity index (χ4n) is 3.31. The normalized spacial score (nSPS) is 18.4. The van der Waals surface area contributed by atoms with Gasteiger partial charge in [0.25, 0.3) is 0 Å². The van der Waals surface area contributed by atoms with E-state index in [9.17, 15) is 8.42 Å². The first kappa shape index (κ1) is 21.1. The molecule has 2 aromatic rings. The minimum atomic E-state index is -3.24. The average Bonchev–Trinajstić information content (AvgIpc) is 3.43. The molecule has 8 heteroatoms. The van der Waals surface area contributed by atoms with Gasteiger partial charge in [0.1, 0.15) is 0 Å². The molecular weight excluding hydrogens is 420 g/mol. The second-order valence-corrected chi connectivity index (χ2v) is 10.9. The Bertz CT molecular complexity index is 1010. The Morgan fingerprint density at radius 1 is 1.10 bits per heavy atom. The van der Waals surface area contributed by atoms with Crippen LogP contribution >= 0.6 is 11.8 Å². The molecule has 0 bridgehead atoms. The third-order valence-electron chi connectivity index (χ3n) is 5.23. The number of benzene rings is 2. The van der Waals surface area contributed by atoms with Gasteiger partial charge < -0.3 is 14.4 Å². The Kier molecular flexibility index (Phi) is 6.24. The third kappa shape index (κ3) is 5.10. The molecule has 4 rings (SSSR count). The summed E-state index contributed by atoms with van der Waals surface area (Å²) in [4.78, 5) is 6.83. The quantitative estimate of drug-likeness (QED) is 0.576. The van der Waals surface area contributed by atoms with Crippen molar-refractivity contribution in [3.05, 3.63) is 42.5 Å². The highest BCUT2D eigenvalue weighted by Crippen LogP contribution is 2.38. The van der Waals surface area contributed by atoms with Crippen molar-refractivity contribution >= 4 is 38.5 Å². The number of rotatable bonds is 9. The predicted octanol–water partition coefficient (Wildman–Crippen LogP) is 4.17. The molecule has 0 aromatic heterocycles. The first-order valence-electron chi connectivity index (χ1n) is 9.96. The number of sulfone groups is 1. The van der Waals surface area contributed by atoms with Crippen molar-refractivity contribution in [2.45, 2.75) is 23.0 Å². The minimum absolute atomic E-state index is 0.313. The summed E-state index contributed by atoms with van der Waals surface area (Å²) >= 11 is 1.72. The Labute approximate surface area is 182 Å². The van der Waals surface area contributed by atoms with Gasteiger partial charge in [-0.2, -0.15) is 0 Å². The first-order valence-corrected chi connectivity index (χ1v) is 12.8. The lowest BCUT2D eigenvalue weighted by Gasteiger charge is -2.28. The molecule has 2 aromatic carbocycles. The number of aliphatic imine (C=N–C) groups is 1. The topological polar surface area (TPSA) is 68.2 Å². The summed E-state index contributed by atoms with van der Waals surface area (Å²) in [5, 5.41) is 0.331. The summed E-state index contributed by atoms with van der Waals surface area (Å²) in [6, 6.07) is 13.0. The van der Waals surface area contributed by atoms with Crippen molar-refractivity contribution in [1.29, 1.82) is 0 Å². The molecule has 0 radical (unpaired) electrons. The number of hydrogen-bond donors (Lipinski definition) is 0. The zero-order chi connectivity index (χ0) is 21.1. The van der Waals surface area contributed by atoms with Gasteiger partial charge in [-0.3, -0.25) is 4.99 Å². The smallest absolute Gasteiger partial charge is 0.175 e. The highest BCUT2D eigenvalue weighted by Gasteiger charge is 2.24. The van der Waals surface area contributed by atoms with E-state index < -0.39 is 9.84 Å². The highest BCUT2D eigenvalue weighted by molar-refractivity contribution is 8.12. The molecule has 0 amide bonds. The van der Waals surface area contributed by atoms with Crippen LogP contribution in [0, 0.1) is 5.92 Å². The SMILES string of the molecule is COc1ccc(N(CC2CN=CS2)c2ccc(S(C)(=O)=O)cc2)cc1OCC1CC1. The summed E-state index contributed by atoms with van der Waals surface area (Å²) in [7, 11) is -1.59. The largest absolute Gasteiger partial charge is 0.493 e. The van der Waals surface area contributed by atoms with Crippen LogP contribution in [0.4, 0.5) is 11.4 Å². The van der Waals surface area contributed by atoms with Crippen molar-refractivity contribution in [1.82, 2.24) is 0 Å². The van der Waals surface area contributed by atoms with E-state index in [0.29, 0.717) is 28.4 Å². The van der Waals surface area contributed by atoms with Crippen LogP contribution in [0.2, 0.25) is 0 Å². The maximum atomic E-state index is 11.8. The maximum Gasteiger partial charge on any atom is 0.175 e. The van der Waals surface area contributed by atoms with E-state index in [4.69, 9.17) is 9.47 Å². The molecule has 1 aliphatic heterocycles. The van der Waals surface area contributed by atoms with Crippen LogP contribution in [0.5, 0.6) is 11.5 Å². The van der Waals surface area contributed by atoms with Gasteiger partial charge in [0.05, 0.1) is 30.7 Å². The second kappa shape index (κ2) is 8.89. The Morgan fingerprint density at radius 3 is 2.43 bits per heavy atom. The minimum Gasteiger partial charge on any atom is -0.493 e. The van der Waals surface area contributed by atoms with E-state index in [0.717, 1.165) is 30.2 Å². The molecule has 1 aliphatic carbocycles. The van der Waals surface area contributed by atoms with E-state index in [1.165, 1.54) is 19.1 Å². The zero-order valence-corrected chi connectivity index (χ0v) is 18.8. The number of hydrogen-bond acceptors (Lipinski definition) is 7. The summed E-state index contributed by atoms with van der Waals surface area (Å²) in [6.07, 6.45) is 3.67. The number of nitrogens with zero attached hydrogens (tertiary/aromatic N) is 2. The van der Waals surface area contributed by atoms with Crippen molar-refractivity contribution in [3.63, 3.8) is 0 Å². The molecule has 2 aliphatic rings. The van der Waals surface area contributed by atoms with Crippen LogP contribution in [-0.2, 0) is 9.84 Å². The third-order valence-corrected chi connectivity index (χ3v) is 7.31. The molecule has 160 valence electrons. The van der Waals surface area contributed by atoms with Crippen molar-refractivity contribution in [2.75, 3.05) is 38.0 Å². The zero-order valence-electron chi connectivity index (χ0n) is 17.2. The van der Waals surface area contributed by atoms with Crippen LogP contribution in [0.15, 0.2) is 52.4 Å². The van der Waals surface area contributed by atoms with E-state index >= 15 is 0 Å². The second-order valence-electron chi connectivity index (χ2n) is 7.69. The molecule has 6 nitrogen and oxygen atoms in total. The Morgan fingerprint density at radius 2 is 1.83 bits per heavy atom. The number of thioether (sulfide) groups is 1. The molecule has 1 heterocycles. The van der Waals surface area contributed by atoms with Gasteiger partial charge in [-0.1, -0.05) is 0 Å². The molecule has 30 heavy (non-hydrogen) atoms. The lowest BCUT2D eigenvalue weighted by Crippen LogP contribution is -2.27. The molecular formula is C22H26N2O4S2. The standard InChI is InChI=1S/C22H26N2O4S2/c1-27-21-10-7-18(11-22(21)28-14-16-3-4-16)24(13-19-12-23-15-29-19)17-5-8-20(9-6-17)30(2,25)26/h5-11,15-16,19H,3-4,12-14H2,1-2H3. The van der Waals surface area contributed by atoms with Gasteiger partial charge >= 0.3 is 0 Å². The van der Waals surface area contributed by atoms with Crippen LogP contribution < -0.4 is 14.4 Å². The van der Waals surface area contributed by atoms with Gasteiger partial charge in [-0.25, -0.2) is 8.42 Å². The number of anilines is 2. The molecule has 0 spiro atoms. The Hall–Kier alpha value is -2.19. The van der Waals surface area contributed by atoms with E-state index in [1.807, 2.05) is 35.9 Å². The Balaban J connectivity index is 1.65. The molecule has 1 fully saturated rings. The van der Waals surface area contributed by atoms with Crippen molar-refractivity contribution in [3.8, 4) is 11.5 Å². The van der Waals surface area contributed by atoms with Crippen LogP contribution in [0.1, 0.15) is 12.8 Å². The maximum absolute atomic E-state index is 11.8. The molecule has 0 saturated heterocycles. The van der Waals surface area contributed by atoms with Gasteiger partial charge in [-0.15, -0.1) is 11.8 Å². The first-order chi connectivity index (χ1) is 14.4.